The summed E-state index contributed by atoms with van der Waals surface area (Å²) in [5.74, 6) is -7.59. The number of allylic oxidation sites excluding steroid dienone is 1. The normalized spacial score (nSPS) is 35.2. The standard InChI is InChI=1S/C34H48O14/c1-12-16(2)29(38)47-27-19(5)26(44-21(7)35)23-25(46-30(39)18(4)20(6)48-43)17(3)15-34(23,42)31(40)33(11,41)14-13-32(9,10)28(24(27)37)45-22(8)36/h12-14,17,20,23-28,37,41-43H,4-5,15H2,1-3,6-11H3/b14-13-,16-12-/t17-,20?,23+,24+,25-,26-,27-,28+,33+,34+/m0/s1. The van der Waals surface area contributed by atoms with Crippen LogP contribution in [0.25, 0.3) is 0 Å². The minimum absolute atomic E-state index is 0.108. The van der Waals surface area contributed by atoms with Crippen LogP contribution in [-0.4, -0.2) is 98.1 Å². The summed E-state index contributed by atoms with van der Waals surface area (Å²) in [4.78, 5) is 69.7. The Morgan fingerprint density at radius 2 is 1.52 bits per heavy atom. The highest BCUT2D eigenvalue weighted by molar-refractivity contribution is 5.97. The fraction of sp³-hybridized carbons (Fsp3) is 0.618. The van der Waals surface area contributed by atoms with Gasteiger partial charge in [-0.25, -0.2) is 14.5 Å². The van der Waals surface area contributed by atoms with Gasteiger partial charge in [0.25, 0.3) is 0 Å². The third kappa shape index (κ3) is 8.47. The van der Waals surface area contributed by atoms with Gasteiger partial charge in [0.05, 0.1) is 11.5 Å². The van der Waals surface area contributed by atoms with Crippen LogP contribution in [0.5, 0.6) is 0 Å². The fourth-order valence-electron chi connectivity index (χ4n) is 6.05. The van der Waals surface area contributed by atoms with Gasteiger partial charge in [0, 0.05) is 30.4 Å². The number of hydrogen-bond acceptors (Lipinski definition) is 14. The zero-order chi connectivity index (χ0) is 37.1. The molecule has 0 heterocycles. The smallest absolute Gasteiger partial charge is 0.336 e. The lowest BCUT2D eigenvalue weighted by atomic mass is 9.71. The molecule has 2 rings (SSSR count). The second-order valence-electron chi connectivity index (χ2n) is 13.3. The quantitative estimate of drug-likeness (QED) is 0.0724. The monoisotopic (exact) mass is 680 g/mol. The number of hydrogen-bond donors (Lipinski definition) is 4. The van der Waals surface area contributed by atoms with Crippen LogP contribution in [0.2, 0.25) is 0 Å². The van der Waals surface area contributed by atoms with Crippen molar-refractivity contribution in [3.8, 4) is 0 Å². The Kier molecular flexibility index (Phi) is 12.9. The first-order chi connectivity index (χ1) is 22.0. The summed E-state index contributed by atoms with van der Waals surface area (Å²) < 4.78 is 22.6. The molecule has 0 amide bonds. The molecule has 268 valence electrons. The number of esters is 4. The van der Waals surface area contributed by atoms with Crippen molar-refractivity contribution < 1.29 is 68.4 Å². The van der Waals surface area contributed by atoms with Gasteiger partial charge in [-0.1, -0.05) is 46.1 Å². The van der Waals surface area contributed by atoms with Gasteiger partial charge in [-0.2, -0.15) is 0 Å². The summed E-state index contributed by atoms with van der Waals surface area (Å²) in [5, 5.41) is 44.8. The van der Waals surface area contributed by atoms with E-state index in [-0.39, 0.29) is 16.7 Å². The number of carbonyl (C=O) groups excluding carboxylic acids is 5. The maximum Gasteiger partial charge on any atom is 0.336 e. The summed E-state index contributed by atoms with van der Waals surface area (Å²) in [6.45, 7) is 19.6. The van der Waals surface area contributed by atoms with Gasteiger partial charge >= 0.3 is 23.9 Å². The van der Waals surface area contributed by atoms with E-state index in [2.05, 4.69) is 18.0 Å². The molecule has 1 saturated carbocycles. The molecular formula is C34H48O14. The average molecular weight is 681 g/mol. The number of fused-ring (bicyclic) bond motifs is 1. The van der Waals surface area contributed by atoms with Crippen molar-refractivity contribution in [3.05, 3.63) is 48.1 Å². The molecule has 0 aromatic carbocycles. The summed E-state index contributed by atoms with van der Waals surface area (Å²) >= 11 is 0. The van der Waals surface area contributed by atoms with E-state index in [9.17, 15) is 39.3 Å². The molecule has 0 radical (unpaired) electrons. The Morgan fingerprint density at radius 1 is 0.958 bits per heavy atom. The van der Waals surface area contributed by atoms with E-state index in [1.54, 1.807) is 6.92 Å². The molecule has 0 saturated heterocycles. The van der Waals surface area contributed by atoms with E-state index < -0.39 is 101 Å². The lowest BCUT2D eigenvalue weighted by molar-refractivity contribution is -0.264. The minimum Gasteiger partial charge on any atom is -0.459 e. The molecule has 2 aliphatic rings. The van der Waals surface area contributed by atoms with Crippen molar-refractivity contribution in [1.29, 1.82) is 0 Å². The van der Waals surface area contributed by atoms with Gasteiger partial charge in [0.2, 0.25) is 0 Å². The first kappa shape index (κ1) is 40.5. The maximum absolute atomic E-state index is 14.3. The molecule has 0 aromatic rings. The highest BCUT2D eigenvalue weighted by Crippen LogP contribution is 2.49. The highest BCUT2D eigenvalue weighted by Gasteiger charge is 2.65. The lowest BCUT2D eigenvalue weighted by Crippen LogP contribution is -2.60. The van der Waals surface area contributed by atoms with Gasteiger partial charge in [0.1, 0.15) is 41.7 Å². The molecule has 4 N–H and O–H groups in total. The Balaban J connectivity index is 3.02. The van der Waals surface area contributed by atoms with Crippen LogP contribution in [0.15, 0.2) is 48.1 Å². The van der Waals surface area contributed by atoms with E-state index in [1.165, 1.54) is 46.8 Å². The predicted octanol–water partition coefficient (Wildman–Crippen LogP) is 2.29. The number of carbonyl (C=O) groups is 5. The van der Waals surface area contributed by atoms with Gasteiger partial charge in [0.15, 0.2) is 11.9 Å². The van der Waals surface area contributed by atoms with Crippen molar-refractivity contribution in [2.45, 2.75) is 117 Å². The Morgan fingerprint density at radius 3 is 2.02 bits per heavy atom. The highest BCUT2D eigenvalue weighted by atomic mass is 17.1. The van der Waals surface area contributed by atoms with E-state index in [4.69, 9.17) is 24.2 Å². The van der Waals surface area contributed by atoms with Crippen LogP contribution in [0.4, 0.5) is 0 Å². The van der Waals surface area contributed by atoms with E-state index in [0.717, 1.165) is 26.8 Å². The molecule has 1 unspecified atom stereocenters. The van der Waals surface area contributed by atoms with Gasteiger partial charge in [-0.15, -0.1) is 0 Å². The van der Waals surface area contributed by atoms with Crippen LogP contribution in [-0.2, 0) is 47.8 Å². The topological polar surface area (TPSA) is 212 Å². The lowest BCUT2D eigenvalue weighted by Gasteiger charge is -2.44. The number of aliphatic hydroxyl groups is 3. The molecule has 0 aliphatic heterocycles. The van der Waals surface area contributed by atoms with Crippen molar-refractivity contribution in [1.82, 2.24) is 0 Å². The summed E-state index contributed by atoms with van der Waals surface area (Å²) in [7, 11) is 0. The van der Waals surface area contributed by atoms with Crippen LogP contribution in [0.1, 0.15) is 68.7 Å². The second kappa shape index (κ2) is 15.2. The van der Waals surface area contributed by atoms with E-state index in [0.29, 0.717) is 0 Å². The molecule has 14 nitrogen and oxygen atoms in total. The number of Topliss-reactive ketones (excluding diaryl/α,β-unsaturated/α-hetero) is 1. The molecule has 14 heteroatoms. The fourth-order valence-corrected chi connectivity index (χ4v) is 6.05. The summed E-state index contributed by atoms with van der Waals surface area (Å²) in [5.41, 5.74) is -7.00. The summed E-state index contributed by atoms with van der Waals surface area (Å²) in [6, 6.07) is 0. The number of aliphatic hydroxyl groups excluding tert-OH is 1. The van der Waals surface area contributed by atoms with Gasteiger partial charge in [-0.3, -0.25) is 19.6 Å². The third-order valence-electron chi connectivity index (χ3n) is 8.93. The molecule has 48 heavy (non-hydrogen) atoms. The number of rotatable bonds is 8. The number of ether oxygens (including phenoxy) is 4. The molecule has 0 spiro atoms. The van der Waals surface area contributed by atoms with Crippen LogP contribution < -0.4 is 0 Å². The molecule has 0 bridgehead atoms. The first-order valence-corrected chi connectivity index (χ1v) is 15.4. The molecule has 0 aromatic heterocycles. The minimum atomic E-state index is -2.60. The molecule has 2 aliphatic carbocycles. The molecule has 1 fully saturated rings. The Hall–Kier alpha value is -3.69. The van der Waals surface area contributed by atoms with Gasteiger partial charge < -0.3 is 34.3 Å². The zero-order valence-corrected chi connectivity index (χ0v) is 28.8. The molecular weight excluding hydrogens is 632 g/mol. The van der Waals surface area contributed by atoms with Crippen molar-refractivity contribution in [2.75, 3.05) is 0 Å². The maximum atomic E-state index is 14.3. The van der Waals surface area contributed by atoms with Crippen LogP contribution in [0.3, 0.4) is 0 Å². The number of ketones is 1. The molecule has 10 atom stereocenters. The Bertz CT molecular complexity index is 1370. The van der Waals surface area contributed by atoms with Crippen molar-refractivity contribution >= 4 is 29.7 Å². The summed E-state index contributed by atoms with van der Waals surface area (Å²) in [6.07, 6.45) is -6.40. The SMILES string of the molecule is C=C(C(=O)O[C@@H]1[C@@H]2[C@@H](OC(C)=O)C(=C)[C@H](OC(=O)/C(C)=C\C)[C@@H](O)[C@@H](OC(C)=O)C(C)(C)/C=C\[C@@](C)(O)C(=O)[C@@]2(O)C[C@@H]1C)C(C)OO. The van der Waals surface area contributed by atoms with Crippen molar-refractivity contribution in [3.63, 3.8) is 0 Å². The average Bonchev–Trinajstić information content (AvgIpc) is 3.26. The third-order valence-corrected chi connectivity index (χ3v) is 8.93. The Labute approximate surface area is 279 Å². The van der Waals surface area contributed by atoms with E-state index in [1.807, 2.05) is 0 Å². The first-order valence-electron chi connectivity index (χ1n) is 15.4. The van der Waals surface area contributed by atoms with Crippen LogP contribution >= 0.6 is 0 Å². The van der Waals surface area contributed by atoms with Gasteiger partial charge in [-0.05, 0) is 46.1 Å². The largest absolute Gasteiger partial charge is 0.459 e. The van der Waals surface area contributed by atoms with E-state index >= 15 is 0 Å². The van der Waals surface area contributed by atoms with Crippen molar-refractivity contribution in [2.24, 2.45) is 17.3 Å². The predicted molar refractivity (Wildman–Crippen MR) is 169 cm³/mol. The zero-order valence-electron chi connectivity index (χ0n) is 28.8. The second-order valence-corrected chi connectivity index (χ2v) is 13.3. The van der Waals surface area contributed by atoms with Crippen LogP contribution in [0, 0.1) is 17.3 Å².